The number of hydrogen-bond donors (Lipinski definition) is 2. The van der Waals surface area contributed by atoms with E-state index < -0.39 is 0 Å². The highest BCUT2D eigenvalue weighted by Gasteiger charge is 2.06. The molecule has 0 spiro atoms. The number of nitrogens with one attached hydrogen (secondary N) is 1. The highest BCUT2D eigenvalue weighted by Crippen LogP contribution is 2.31. The maximum atomic E-state index is 6.20. The third kappa shape index (κ3) is 3.45. The van der Waals surface area contributed by atoms with E-state index in [-0.39, 0.29) is 0 Å². The van der Waals surface area contributed by atoms with Crippen LogP contribution in [0.15, 0.2) is 103 Å². The largest absolute Gasteiger partial charge is 0.398 e. The molecule has 0 aliphatic carbocycles. The summed E-state index contributed by atoms with van der Waals surface area (Å²) < 4.78 is 0. The Bertz CT molecular complexity index is 991. The fourth-order valence-electron chi connectivity index (χ4n) is 3.04. The molecular weight excluding hydrogens is 316 g/mol. The lowest BCUT2D eigenvalue weighted by molar-refractivity contribution is 1.54. The van der Waals surface area contributed by atoms with Gasteiger partial charge in [0.2, 0.25) is 0 Å². The Morgan fingerprint density at radius 2 is 1.08 bits per heavy atom. The van der Waals surface area contributed by atoms with Crippen LogP contribution in [-0.2, 0) is 0 Å². The number of anilines is 3. The van der Waals surface area contributed by atoms with Crippen LogP contribution in [-0.4, -0.2) is 0 Å². The van der Waals surface area contributed by atoms with Crippen molar-refractivity contribution < 1.29 is 0 Å². The summed E-state index contributed by atoms with van der Waals surface area (Å²) in [6, 6.07) is 35.1. The Morgan fingerprint density at radius 3 is 1.77 bits per heavy atom. The Morgan fingerprint density at radius 1 is 0.500 bits per heavy atom. The Hall–Kier alpha value is -3.52. The molecule has 0 saturated heterocycles. The van der Waals surface area contributed by atoms with Crippen molar-refractivity contribution in [1.29, 1.82) is 0 Å². The van der Waals surface area contributed by atoms with Crippen molar-refractivity contribution in [2.45, 2.75) is 0 Å². The first kappa shape index (κ1) is 16.0. The third-order valence-corrected chi connectivity index (χ3v) is 4.42. The first-order chi connectivity index (χ1) is 12.8. The summed E-state index contributed by atoms with van der Waals surface area (Å²) in [6.07, 6.45) is 0. The lowest BCUT2D eigenvalue weighted by atomic mass is 9.97. The molecule has 0 saturated carbocycles. The predicted molar refractivity (Wildman–Crippen MR) is 111 cm³/mol. The van der Waals surface area contributed by atoms with Crippen LogP contribution in [0, 0.1) is 0 Å². The molecule has 0 heterocycles. The van der Waals surface area contributed by atoms with Gasteiger partial charge in [0.25, 0.3) is 0 Å². The monoisotopic (exact) mass is 336 g/mol. The zero-order valence-corrected chi connectivity index (χ0v) is 14.4. The molecule has 0 bridgehead atoms. The van der Waals surface area contributed by atoms with Crippen LogP contribution < -0.4 is 11.1 Å². The van der Waals surface area contributed by atoms with E-state index in [0.29, 0.717) is 0 Å². The van der Waals surface area contributed by atoms with E-state index in [1.807, 2.05) is 42.5 Å². The Balaban J connectivity index is 1.62. The van der Waals surface area contributed by atoms with Gasteiger partial charge in [-0.1, -0.05) is 66.7 Å². The second kappa shape index (κ2) is 7.16. The van der Waals surface area contributed by atoms with Gasteiger partial charge in [-0.05, 0) is 53.1 Å². The van der Waals surface area contributed by atoms with Gasteiger partial charge in [-0.25, -0.2) is 0 Å². The Kier molecular flexibility index (Phi) is 4.40. The summed E-state index contributed by atoms with van der Waals surface area (Å²) >= 11 is 0. The second-order valence-electron chi connectivity index (χ2n) is 6.24. The molecule has 0 aliphatic heterocycles. The van der Waals surface area contributed by atoms with Crippen LogP contribution in [0.4, 0.5) is 17.1 Å². The molecule has 126 valence electrons. The van der Waals surface area contributed by atoms with Crippen LogP contribution in [0.5, 0.6) is 0 Å². The minimum atomic E-state index is 0.794. The SMILES string of the molecule is Nc1ccc(-c2ccc(Nc3ccccc3)cc2)cc1-c1ccccc1. The van der Waals surface area contributed by atoms with Gasteiger partial charge in [-0.3, -0.25) is 0 Å². The minimum absolute atomic E-state index is 0.794. The molecule has 0 amide bonds. The molecule has 0 fully saturated rings. The second-order valence-corrected chi connectivity index (χ2v) is 6.24. The number of hydrogen-bond acceptors (Lipinski definition) is 2. The van der Waals surface area contributed by atoms with Crippen molar-refractivity contribution in [2.75, 3.05) is 11.1 Å². The molecule has 2 heteroatoms. The number of benzene rings is 4. The fourth-order valence-corrected chi connectivity index (χ4v) is 3.04. The van der Waals surface area contributed by atoms with Gasteiger partial charge >= 0.3 is 0 Å². The molecule has 3 N–H and O–H groups in total. The molecule has 0 aromatic heterocycles. The highest BCUT2D eigenvalue weighted by molar-refractivity contribution is 5.82. The van der Waals surface area contributed by atoms with Crippen molar-refractivity contribution >= 4 is 17.1 Å². The fraction of sp³-hybridized carbons (Fsp3) is 0. The van der Waals surface area contributed by atoms with Crippen LogP contribution in [0.1, 0.15) is 0 Å². The van der Waals surface area contributed by atoms with E-state index in [1.165, 1.54) is 5.56 Å². The summed E-state index contributed by atoms with van der Waals surface area (Å²) in [5.74, 6) is 0. The van der Waals surface area contributed by atoms with Crippen LogP contribution in [0.3, 0.4) is 0 Å². The summed E-state index contributed by atoms with van der Waals surface area (Å²) in [6.45, 7) is 0. The van der Waals surface area contributed by atoms with Crippen molar-refractivity contribution in [2.24, 2.45) is 0 Å². The maximum Gasteiger partial charge on any atom is 0.0394 e. The number of rotatable bonds is 4. The molecule has 0 atom stereocenters. The van der Waals surface area contributed by atoms with Gasteiger partial charge in [0.1, 0.15) is 0 Å². The first-order valence-corrected chi connectivity index (χ1v) is 8.67. The van der Waals surface area contributed by atoms with E-state index in [0.717, 1.165) is 33.8 Å². The lowest BCUT2D eigenvalue weighted by Gasteiger charge is -2.11. The van der Waals surface area contributed by atoms with Crippen LogP contribution in [0.25, 0.3) is 22.3 Å². The van der Waals surface area contributed by atoms with Crippen molar-refractivity contribution in [3.8, 4) is 22.3 Å². The van der Waals surface area contributed by atoms with E-state index in [4.69, 9.17) is 5.73 Å². The average Bonchev–Trinajstić information content (AvgIpc) is 2.70. The normalized spacial score (nSPS) is 10.5. The molecule has 26 heavy (non-hydrogen) atoms. The zero-order valence-electron chi connectivity index (χ0n) is 14.4. The van der Waals surface area contributed by atoms with Crippen LogP contribution >= 0.6 is 0 Å². The molecule has 4 aromatic carbocycles. The highest BCUT2D eigenvalue weighted by atomic mass is 14.9. The van der Waals surface area contributed by atoms with Gasteiger partial charge in [-0.15, -0.1) is 0 Å². The van der Waals surface area contributed by atoms with Gasteiger partial charge < -0.3 is 11.1 Å². The molecular formula is C24H20N2. The third-order valence-electron chi connectivity index (χ3n) is 4.42. The molecule has 0 radical (unpaired) electrons. The van der Waals surface area contributed by atoms with E-state index in [9.17, 15) is 0 Å². The minimum Gasteiger partial charge on any atom is -0.398 e. The molecule has 0 unspecified atom stereocenters. The molecule has 2 nitrogen and oxygen atoms in total. The summed E-state index contributed by atoms with van der Waals surface area (Å²) in [5.41, 5.74) is 13.7. The van der Waals surface area contributed by atoms with Gasteiger partial charge in [0.05, 0.1) is 0 Å². The predicted octanol–water partition coefficient (Wildman–Crippen LogP) is 6.35. The first-order valence-electron chi connectivity index (χ1n) is 8.67. The van der Waals surface area contributed by atoms with E-state index >= 15 is 0 Å². The van der Waals surface area contributed by atoms with Crippen molar-refractivity contribution in [3.63, 3.8) is 0 Å². The summed E-state index contributed by atoms with van der Waals surface area (Å²) in [5, 5.41) is 3.41. The Labute approximate surface area is 153 Å². The molecule has 0 aliphatic rings. The van der Waals surface area contributed by atoms with Gasteiger partial charge in [0.15, 0.2) is 0 Å². The number of nitrogen functional groups attached to an aromatic ring is 1. The van der Waals surface area contributed by atoms with Crippen molar-refractivity contribution in [1.82, 2.24) is 0 Å². The van der Waals surface area contributed by atoms with Gasteiger partial charge in [-0.2, -0.15) is 0 Å². The standard InChI is InChI=1S/C24H20N2/c25-24-16-13-20(17-23(24)19-7-3-1-4-8-19)18-11-14-22(15-12-18)26-21-9-5-2-6-10-21/h1-17,26H,25H2. The van der Waals surface area contributed by atoms with E-state index in [1.54, 1.807) is 0 Å². The smallest absolute Gasteiger partial charge is 0.0394 e. The number of nitrogens with two attached hydrogens (primary N) is 1. The maximum absolute atomic E-state index is 6.20. The lowest BCUT2D eigenvalue weighted by Crippen LogP contribution is -1.92. The topological polar surface area (TPSA) is 38.0 Å². The average molecular weight is 336 g/mol. The summed E-state index contributed by atoms with van der Waals surface area (Å²) in [7, 11) is 0. The van der Waals surface area contributed by atoms with E-state index in [2.05, 4.69) is 66.0 Å². The molecule has 4 rings (SSSR count). The van der Waals surface area contributed by atoms with Crippen molar-refractivity contribution in [3.05, 3.63) is 103 Å². The van der Waals surface area contributed by atoms with Crippen LogP contribution in [0.2, 0.25) is 0 Å². The summed E-state index contributed by atoms with van der Waals surface area (Å²) in [4.78, 5) is 0. The zero-order chi connectivity index (χ0) is 17.8. The molecule has 4 aromatic rings. The van der Waals surface area contributed by atoms with Gasteiger partial charge in [0, 0.05) is 22.6 Å². The quantitative estimate of drug-likeness (QED) is 0.426. The number of para-hydroxylation sites is 1.